The lowest BCUT2D eigenvalue weighted by molar-refractivity contribution is 0.281. The third-order valence-corrected chi connectivity index (χ3v) is 13.5. The van der Waals surface area contributed by atoms with Gasteiger partial charge in [0, 0.05) is 44.3 Å². The van der Waals surface area contributed by atoms with E-state index in [1.54, 1.807) is 0 Å². The molecule has 0 spiro atoms. The number of aromatic amines is 2. The number of nitrogens with zero attached hydrogens (tertiary/aromatic N) is 2. The molecule has 0 fully saturated rings. The molecule has 0 radical (unpaired) electrons. The second-order valence-electron chi connectivity index (χ2n) is 22.8. The minimum atomic E-state index is -0.107. The maximum atomic E-state index is 10.4. The van der Waals surface area contributed by atoms with Crippen molar-refractivity contribution in [2.75, 3.05) is 0 Å². The van der Waals surface area contributed by atoms with Gasteiger partial charge in [-0.25, -0.2) is 9.97 Å². The van der Waals surface area contributed by atoms with Gasteiger partial charge in [0.2, 0.25) is 0 Å². The van der Waals surface area contributed by atoms with E-state index in [9.17, 15) is 10.2 Å². The molecule has 6 heteroatoms. The highest BCUT2D eigenvalue weighted by molar-refractivity contribution is 6.00. The van der Waals surface area contributed by atoms with E-state index in [0.29, 0.717) is 0 Å². The van der Waals surface area contributed by atoms with Crippen molar-refractivity contribution in [1.29, 1.82) is 0 Å². The van der Waals surface area contributed by atoms with Gasteiger partial charge in [-0.05, 0) is 138 Å². The Morgan fingerprint density at radius 1 is 0.353 bits per heavy atom. The summed E-state index contributed by atoms with van der Waals surface area (Å²) in [7, 11) is 0. The summed E-state index contributed by atoms with van der Waals surface area (Å²) in [6, 6.07) is 39.0. The first kappa shape index (κ1) is 46.5. The summed E-state index contributed by atoms with van der Waals surface area (Å²) in [5, 5.41) is 20.7. The molecule has 7 aromatic rings. The van der Waals surface area contributed by atoms with Crippen molar-refractivity contribution >= 4 is 46.4 Å². The monoisotopic (exact) mass is 899 g/mol. The van der Waals surface area contributed by atoms with Crippen LogP contribution in [0.4, 0.5) is 0 Å². The van der Waals surface area contributed by atoms with Gasteiger partial charge >= 0.3 is 0 Å². The molecule has 0 amide bonds. The SMILES string of the molecule is CC(C)(C)c1cc(-c2c3nc(c(-c4cc(C(C)(C)C)cc(C(C)(C)C)c4)c4ccc([nH]4)c(-c4cccc(CO)c4)c4nc(c(-c5cccc(CO)c5)c5ccc2[nH]5)C=C4)C=C3)cc(C(C)(C)C)c1. The van der Waals surface area contributed by atoms with Crippen LogP contribution in [0.15, 0.2) is 109 Å². The Kier molecular flexibility index (Phi) is 11.7. The summed E-state index contributed by atoms with van der Waals surface area (Å²) in [6.07, 6.45) is 8.56. The number of hydrogen-bond donors (Lipinski definition) is 4. The predicted molar refractivity (Wildman–Crippen MR) is 287 cm³/mol. The molecule has 8 bridgehead atoms. The molecule has 4 aromatic carbocycles. The average Bonchev–Trinajstić information content (AvgIpc) is 4.13. The molecule has 2 aliphatic rings. The van der Waals surface area contributed by atoms with Crippen LogP contribution in [-0.4, -0.2) is 30.1 Å². The molecule has 9 rings (SSSR count). The van der Waals surface area contributed by atoms with E-state index in [2.05, 4.69) is 190 Å². The van der Waals surface area contributed by atoms with Crippen LogP contribution in [0.2, 0.25) is 0 Å². The molecule has 0 saturated carbocycles. The number of hydrogen-bond acceptors (Lipinski definition) is 4. The highest BCUT2D eigenvalue weighted by Gasteiger charge is 2.26. The molecule has 6 nitrogen and oxygen atoms in total. The van der Waals surface area contributed by atoms with Gasteiger partial charge in [-0.15, -0.1) is 0 Å². The molecule has 0 unspecified atom stereocenters. The molecule has 0 aliphatic carbocycles. The topological polar surface area (TPSA) is 97.8 Å². The Morgan fingerprint density at radius 2 is 0.632 bits per heavy atom. The molecule has 2 aliphatic heterocycles. The van der Waals surface area contributed by atoms with Crippen molar-refractivity contribution in [3.8, 4) is 44.5 Å². The summed E-state index contributed by atoms with van der Waals surface area (Å²) < 4.78 is 0. The van der Waals surface area contributed by atoms with Gasteiger partial charge in [0.05, 0.1) is 36.0 Å². The average molecular weight is 899 g/mol. The Morgan fingerprint density at radius 3 is 0.897 bits per heavy atom. The van der Waals surface area contributed by atoms with Crippen LogP contribution in [0.25, 0.3) is 90.9 Å². The minimum absolute atomic E-state index is 0.0781. The van der Waals surface area contributed by atoms with Crippen LogP contribution in [0.3, 0.4) is 0 Å². The molecule has 0 saturated heterocycles. The van der Waals surface area contributed by atoms with E-state index in [1.807, 2.05) is 36.4 Å². The first-order chi connectivity index (χ1) is 32.1. The second-order valence-corrected chi connectivity index (χ2v) is 22.8. The fourth-order valence-corrected chi connectivity index (χ4v) is 9.35. The largest absolute Gasteiger partial charge is 0.392 e. The highest BCUT2D eigenvalue weighted by atomic mass is 16.3. The predicted octanol–water partition coefficient (Wildman–Crippen LogP) is 15.5. The van der Waals surface area contributed by atoms with Crippen LogP contribution in [0.5, 0.6) is 0 Å². The third-order valence-electron chi connectivity index (χ3n) is 13.5. The molecule has 68 heavy (non-hydrogen) atoms. The number of rotatable bonds is 6. The quantitative estimate of drug-likeness (QED) is 0.134. The molecule has 0 atom stereocenters. The Balaban J connectivity index is 1.51. The number of benzene rings is 4. The van der Waals surface area contributed by atoms with Gasteiger partial charge in [0.1, 0.15) is 0 Å². The first-order valence-electron chi connectivity index (χ1n) is 24.0. The van der Waals surface area contributed by atoms with Crippen LogP contribution in [0, 0.1) is 0 Å². The standard InChI is InChI=1S/C62H66N4O2/c1-59(2,3)43-29-41(30-44(33-43)60(4,5)6)57-51-23-21-49(64-51)55(39-17-13-15-37(27-39)35-67)47-19-20-48(63-47)56(40-18-14-16-38(28-40)36-68)50-22-24-52(65-50)58(54-26-25-53(57)66-54)42-31-45(61(7,8)9)34-46(32-42)62(10,11)12/h13-34,64-65,67-68H,35-36H2,1-12H3. The van der Waals surface area contributed by atoms with E-state index < -0.39 is 0 Å². The number of aromatic nitrogens is 4. The molecule has 3 aromatic heterocycles. The van der Waals surface area contributed by atoms with Crippen molar-refractivity contribution in [3.05, 3.63) is 165 Å². The van der Waals surface area contributed by atoms with Gasteiger partial charge < -0.3 is 20.2 Å². The fraction of sp³-hybridized carbons (Fsp3) is 0.290. The van der Waals surface area contributed by atoms with E-state index in [1.165, 1.54) is 22.3 Å². The maximum Gasteiger partial charge on any atom is 0.0737 e. The van der Waals surface area contributed by atoms with Gasteiger partial charge in [-0.1, -0.05) is 156 Å². The molecule has 4 N–H and O–H groups in total. The Hall–Kier alpha value is -6.60. The summed E-state index contributed by atoms with van der Waals surface area (Å²) in [4.78, 5) is 19.1. The lowest BCUT2D eigenvalue weighted by Crippen LogP contribution is -2.16. The van der Waals surface area contributed by atoms with Crippen molar-refractivity contribution in [2.24, 2.45) is 0 Å². The van der Waals surface area contributed by atoms with Crippen molar-refractivity contribution in [3.63, 3.8) is 0 Å². The number of fused-ring (bicyclic) bond motifs is 8. The number of aliphatic hydroxyl groups excluding tert-OH is 2. The zero-order chi connectivity index (χ0) is 48.5. The van der Waals surface area contributed by atoms with Crippen LogP contribution < -0.4 is 0 Å². The summed E-state index contributed by atoms with van der Waals surface area (Å²) in [6.45, 7) is 27.3. The lowest BCUT2D eigenvalue weighted by Gasteiger charge is -2.26. The highest BCUT2D eigenvalue weighted by Crippen LogP contribution is 2.42. The number of aliphatic hydroxyl groups is 2. The van der Waals surface area contributed by atoms with Crippen LogP contribution in [0.1, 0.15) is 139 Å². The Labute approximate surface area is 402 Å². The zero-order valence-corrected chi connectivity index (χ0v) is 41.9. The van der Waals surface area contributed by atoms with E-state index >= 15 is 0 Å². The summed E-state index contributed by atoms with van der Waals surface area (Å²) in [5.41, 5.74) is 21.1. The number of nitrogens with one attached hydrogen (secondary N) is 2. The van der Waals surface area contributed by atoms with Crippen molar-refractivity contribution in [2.45, 2.75) is 118 Å². The van der Waals surface area contributed by atoms with Crippen molar-refractivity contribution in [1.82, 2.24) is 19.9 Å². The minimum Gasteiger partial charge on any atom is -0.392 e. The van der Waals surface area contributed by atoms with E-state index in [-0.39, 0.29) is 34.9 Å². The van der Waals surface area contributed by atoms with Crippen LogP contribution >= 0.6 is 0 Å². The summed E-state index contributed by atoms with van der Waals surface area (Å²) in [5.74, 6) is 0. The third kappa shape index (κ3) is 9.08. The second kappa shape index (κ2) is 17.2. The molecular formula is C62H66N4O2. The zero-order valence-electron chi connectivity index (χ0n) is 41.9. The molecular weight excluding hydrogens is 833 g/mol. The van der Waals surface area contributed by atoms with Gasteiger partial charge in [0.15, 0.2) is 0 Å². The summed E-state index contributed by atoms with van der Waals surface area (Å²) >= 11 is 0. The lowest BCUT2D eigenvalue weighted by atomic mass is 9.78. The van der Waals surface area contributed by atoms with E-state index in [4.69, 9.17) is 9.97 Å². The number of H-pyrrole nitrogens is 2. The molecule has 346 valence electrons. The maximum absolute atomic E-state index is 10.4. The van der Waals surface area contributed by atoms with Crippen molar-refractivity contribution < 1.29 is 10.2 Å². The Bertz CT molecular complexity index is 3060. The van der Waals surface area contributed by atoms with Gasteiger partial charge in [-0.3, -0.25) is 0 Å². The normalized spacial score (nSPS) is 13.1. The van der Waals surface area contributed by atoms with Crippen LogP contribution in [-0.2, 0) is 34.9 Å². The van der Waals surface area contributed by atoms with Gasteiger partial charge in [0.25, 0.3) is 0 Å². The van der Waals surface area contributed by atoms with Gasteiger partial charge in [-0.2, -0.15) is 0 Å². The first-order valence-corrected chi connectivity index (χ1v) is 24.0. The van der Waals surface area contributed by atoms with E-state index in [0.717, 1.165) is 100 Å². The fourth-order valence-electron chi connectivity index (χ4n) is 9.35. The molecule has 5 heterocycles. The smallest absolute Gasteiger partial charge is 0.0737 e.